The Morgan fingerprint density at radius 3 is 2.82 bits per heavy atom. The summed E-state index contributed by atoms with van der Waals surface area (Å²) in [6.45, 7) is 1.22. The standard InChI is InChI=1S/C25H30N4O4/c30-14-18(9-8-15-10-11-26-23(15)31)27-24(32)22-19-6-3-5-17(19)13-29(22)25(33)21-12-16-4-1-2-7-20(16)28-21/h1-2,4,7,12,14-15,17-19,22,28H,3,5-6,8-11,13H2,(H,26,31)(H,27,32)/t15-,17+,18+,19+,22+/m1/s1. The zero-order chi connectivity index (χ0) is 22.9. The molecule has 0 unspecified atom stereocenters. The number of likely N-dealkylation sites (tertiary alicyclic amines) is 1. The maximum Gasteiger partial charge on any atom is 0.271 e. The van der Waals surface area contributed by atoms with E-state index < -0.39 is 12.1 Å². The molecule has 3 aliphatic rings. The van der Waals surface area contributed by atoms with Crippen LogP contribution in [-0.2, 0) is 14.4 Å². The van der Waals surface area contributed by atoms with E-state index in [1.165, 1.54) is 0 Å². The second-order valence-electron chi connectivity index (χ2n) is 9.63. The Morgan fingerprint density at radius 2 is 2.06 bits per heavy atom. The predicted molar refractivity (Wildman–Crippen MR) is 122 cm³/mol. The highest BCUT2D eigenvalue weighted by molar-refractivity contribution is 6.01. The molecule has 0 spiro atoms. The molecule has 5 atom stereocenters. The van der Waals surface area contributed by atoms with Crippen LogP contribution >= 0.6 is 0 Å². The molecular weight excluding hydrogens is 420 g/mol. The summed E-state index contributed by atoms with van der Waals surface area (Å²) in [5.41, 5.74) is 1.37. The molecule has 8 nitrogen and oxygen atoms in total. The number of carbonyl (C=O) groups is 4. The number of nitrogens with zero attached hydrogens (tertiary/aromatic N) is 1. The molecule has 3 N–H and O–H groups in total. The van der Waals surface area contributed by atoms with Gasteiger partial charge in [-0.25, -0.2) is 0 Å². The first-order valence-corrected chi connectivity index (χ1v) is 12.0. The van der Waals surface area contributed by atoms with Crippen LogP contribution in [0.1, 0.15) is 49.0 Å². The van der Waals surface area contributed by atoms with Gasteiger partial charge in [-0.2, -0.15) is 0 Å². The topological polar surface area (TPSA) is 111 Å². The molecule has 2 saturated heterocycles. The van der Waals surface area contributed by atoms with E-state index in [0.717, 1.165) is 42.9 Å². The van der Waals surface area contributed by atoms with Crippen LogP contribution in [0, 0.1) is 17.8 Å². The number of hydrogen-bond donors (Lipinski definition) is 3. The first-order chi connectivity index (χ1) is 16.0. The highest BCUT2D eigenvalue weighted by Crippen LogP contribution is 2.43. The number of aldehydes is 1. The van der Waals surface area contributed by atoms with Crippen molar-refractivity contribution in [3.8, 4) is 0 Å². The summed E-state index contributed by atoms with van der Waals surface area (Å²) in [7, 11) is 0. The van der Waals surface area contributed by atoms with Crippen LogP contribution in [0.2, 0.25) is 0 Å². The lowest BCUT2D eigenvalue weighted by Gasteiger charge is -2.28. The molecule has 33 heavy (non-hydrogen) atoms. The average Bonchev–Trinajstić information content (AvgIpc) is 3.58. The smallest absolute Gasteiger partial charge is 0.271 e. The summed E-state index contributed by atoms with van der Waals surface area (Å²) in [5.74, 6) is -0.0918. The average molecular weight is 451 g/mol. The van der Waals surface area contributed by atoms with Gasteiger partial charge in [0.05, 0.1) is 6.04 Å². The number of nitrogens with one attached hydrogen (secondary N) is 3. The fourth-order valence-electron chi connectivity index (χ4n) is 5.94. The summed E-state index contributed by atoms with van der Waals surface area (Å²) in [4.78, 5) is 55.2. The van der Waals surface area contributed by atoms with Gasteiger partial charge in [0.25, 0.3) is 5.91 Å². The van der Waals surface area contributed by atoms with Crippen molar-refractivity contribution in [1.29, 1.82) is 0 Å². The number of benzene rings is 1. The predicted octanol–water partition coefficient (Wildman–Crippen LogP) is 2.01. The largest absolute Gasteiger partial charge is 0.356 e. The van der Waals surface area contributed by atoms with E-state index in [0.29, 0.717) is 37.5 Å². The minimum absolute atomic E-state index is 0.0191. The van der Waals surface area contributed by atoms with Crippen molar-refractivity contribution in [2.45, 2.75) is 50.6 Å². The number of aromatic nitrogens is 1. The van der Waals surface area contributed by atoms with Crippen LogP contribution in [0.25, 0.3) is 10.9 Å². The maximum atomic E-state index is 13.5. The second kappa shape index (κ2) is 9.00. The summed E-state index contributed by atoms with van der Waals surface area (Å²) < 4.78 is 0. The molecule has 3 heterocycles. The number of amides is 3. The Bertz CT molecular complexity index is 1050. The second-order valence-corrected chi connectivity index (χ2v) is 9.63. The normalized spacial score (nSPS) is 27.4. The summed E-state index contributed by atoms with van der Waals surface area (Å²) >= 11 is 0. The Balaban J connectivity index is 1.31. The Labute approximate surface area is 192 Å². The third-order valence-corrected chi connectivity index (χ3v) is 7.66. The van der Waals surface area contributed by atoms with Crippen molar-refractivity contribution in [3.63, 3.8) is 0 Å². The summed E-state index contributed by atoms with van der Waals surface area (Å²) in [6.07, 6.45) is 5.47. The highest BCUT2D eigenvalue weighted by Gasteiger charge is 2.50. The van der Waals surface area contributed by atoms with Gasteiger partial charge in [0.2, 0.25) is 11.8 Å². The molecule has 1 aliphatic carbocycles. The van der Waals surface area contributed by atoms with Gasteiger partial charge >= 0.3 is 0 Å². The fourth-order valence-corrected chi connectivity index (χ4v) is 5.94. The van der Waals surface area contributed by atoms with E-state index in [9.17, 15) is 19.2 Å². The third-order valence-electron chi connectivity index (χ3n) is 7.66. The van der Waals surface area contributed by atoms with Gasteiger partial charge in [-0.15, -0.1) is 0 Å². The van der Waals surface area contributed by atoms with Crippen molar-refractivity contribution in [2.75, 3.05) is 13.1 Å². The van der Waals surface area contributed by atoms with E-state index in [2.05, 4.69) is 15.6 Å². The molecule has 8 heteroatoms. The van der Waals surface area contributed by atoms with E-state index in [4.69, 9.17) is 0 Å². The van der Waals surface area contributed by atoms with Gasteiger partial charge in [0.1, 0.15) is 18.0 Å². The molecule has 2 aromatic rings. The lowest BCUT2D eigenvalue weighted by atomic mass is 9.93. The number of para-hydroxylation sites is 1. The lowest BCUT2D eigenvalue weighted by Crippen LogP contribution is -2.51. The highest BCUT2D eigenvalue weighted by atomic mass is 16.2. The van der Waals surface area contributed by atoms with Crippen LogP contribution in [0.3, 0.4) is 0 Å². The molecule has 3 fully saturated rings. The van der Waals surface area contributed by atoms with Crippen molar-refractivity contribution < 1.29 is 19.2 Å². The van der Waals surface area contributed by atoms with Crippen molar-refractivity contribution >= 4 is 34.9 Å². The Kier molecular flexibility index (Phi) is 5.91. The molecule has 1 aromatic heterocycles. The van der Waals surface area contributed by atoms with Gasteiger partial charge < -0.3 is 25.3 Å². The van der Waals surface area contributed by atoms with Crippen LogP contribution in [-0.4, -0.2) is 59.1 Å². The van der Waals surface area contributed by atoms with E-state index >= 15 is 0 Å². The van der Waals surface area contributed by atoms with Crippen molar-refractivity contribution in [2.24, 2.45) is 17.8 Å². The first kappa shape index (κ1) is 21.7. The fraction of sp³-hybridized carbons (Fsp3) is 0.520. The maximum absolute atomic E-state index is 13.5. The third kappa shape index (κ3) is 4.14. The molecule has 2 aliphatic heterocycles. The number of H-pyrrole nitrogens is 1. The Hall–Kier alpha value is -3.16. The zero-order valence-corrected chi connectivity index (χ0v) is 18.6. The van der Waals surface area contributed by atoms with Crippen LogP contribution in [0.15, 0.2) is 30.3 Å². The van der Waals surface area contributed by atoms with Crippen LogP contribution in [0.4, 0.5) is 0 Å². The van der Waals surface area contributed by atoms with E-state index in [-0.39, 0.29) is 29.6 Å². The Morgan fingerprint density at radius 1 is 1.21 bits per heavy atom. The van der Waals surface area contributed by atoms with Crippen molar-refractivity contribution in [1.82, 2.24) is 20.5 Å². The summed E-state index contributed by atoms with van der Waals surface area (Å²) in [6, 6.07) is 8.32. The van der Waals surface area contributed by atoms with Gasteiger partial charge in [-0.3, -0.25) is 14.4 Å². The SMILES string of the molecule is O=C[C@H](CC[C@@H]1CCNC1=O)NC(=O)[C@@H]1[C@H]2CCC[C@H]2CN1C(=O)c1cc2ccccc2[nH]1. The summed E-state index contributed by atoms with van der Waals surface area (Å²) in [5, 5.41) is 6.64. The molecular formula is C25H30N4O4. The van der Waals surface area contributed by atoms with Crippen LogP contribution < -0.4 is 10.6 Å². The van der Waals surface area contributed by atoms with Crippen LogP contribution in [0.5, 0.6) is 0 Å². The number of carbonyl (C=O) groups excluding carboxylic acids is 4. The first-order valence-electron chi connectivity index (χ1n) is 12.0. The van der Waals surface area contributed by atoms with Crippen molar-refractivity contribution in [3.05, 3.63) is 36.0 Å². The van der Waals surface area contributed by atoms with E-state index in [1.54, 1.807) is 4.90 Å². The number of rotatable bonds is 7. The molecule has 0 radical (unpaired) electrons. The number of fused-ring (bicyclic) bond motifs is 2. The molecule has 0 bridgehead atoms. The minimum atomic E-state index is -0.656. The quantitative estimate of drug-likeness (QED) is 0.560. The number of hydrogen-bond acceptors (Lipinski definition) is 4. The zero-order valence-electron chi connectivity index (χ0n) is 18.6. The van der Waals surface area contributed by atoms with Gasteiger partial charge in [-0.1, -0.05) is 24.6 Å². The molecule has 174 valence electrons. The monoisotopic (exact) mass is 450 g/mol. The van der Waals surface area contributed by atoms with Gasteiger partial charge in [0, 0.05) is 29.9 Å². The van der Waals surface area contributed by atoms with Gasteiger partial charge in [0.15, 0.2) is 0 Å². The number of aromatic amines is 1. The lowest BCUT2D eigenvalue weighted by molar-refractivity contribution is -0.128. The minimum Gasteiger partial charge on any atom is -0.356 e. The van der Waals surface area contributed by atoms with E-state index in [1.807, 2.05) is 30.3 Å². The molecule has 3 amide bonds. The molecule has 1 saturated carbocycles. The molecule has 5 rings (SSSR count). The molecule has 1 aromatic carbocycles. The van der Waals surface area contributed by atoms with Gasteiger partial charge in [-0.05, 0) is 56.1 Å².